The Balaban J connectivity index is 1.68. The molecular weight excluding hydrogens is 408 g/mol. The fraction of sp³-hybridized carbons (Fsp3) is 0. The number of hydrogen-bond acceptors (Lipinski definition) is 5. The van der Waals surface area contributed by atoms with E-state index in [-0.39, 0.29) is 16.8 Å². The molecule has 0 saturated heterocycles. The van der Waals surface area contributed by atoms with Crippen LogP contribution in [0.4, 0.5) is 11.4 Å². The van der Waals surface area contributed by atoms with Gasteiger partial charge in [0.1, 0.15) is 0 Å². The van der Waals surface area contributed by atoms with E-state index in [2.05, 4.69) is 0 Å². The van der Waals surface area contributed by atoms with Crippen LogP contribution in [0.25, 0.3) is 10.8 Å². The van der Waals surface area contributed by atoms with Gasteiger partial charge >= 0.3 is 0 Å². The molecule has 0 aromatic heterocycles. The number of ketones is 1. The van der Waals surface area contributed by atoms with Crippen molar-refractivity contribution in [1.82, 2.24) is 0 Å². The molecular formula is C25H14N2O5. The van der Waals surface area contributed by atoms with Crippen molar-refractivity contribution in [2.24, 2.45) is 0 Å². The summed E-state index contributed by atoms with van der Waals surface area (Å²) in [5, 5.41) is 12.0. The van der Waals surface area contributed by atoms with Crippen molar-refractivity contribution in [3.8, 4) is 0 Å². The lowest BCUT2D eigenvalue weighted by atomic mass is 9.88. The Morgan fingerprint density at radius 3 is 2.19 bits per heavy atom. The van der Waals surface area contributed by atoms with Gasteiger partial charge in [0.2, 0.25) is 0 Å². The fourth-order valence-electron chi connectivity index (χ4n) is 4.02. The summed E-state index contributed by atoms with van der Waals surface area (Å²) in [7, 11) is 0. The quantitative estimate of drug-likeness (QED) is 0.204. The molecule has 0 bridgehead atoms. The number of hydrogen-bond donors (Lipinski definition) is 0. The van der Waals surface area contributed by atoms with Crippen molar-refractivity contribution in [2.75, 3.05) is 4.90 Å². The Kier molecular flexibility index (Phi) is 4.37. The Hall–Kier alpha value is -4.65. The lowest BCUT2D eigenvalue weighted by molar-refractivity contribution is -0.384. The van der Waals surface area contributed by atoms with Crippen LogP contribution in [0.5, 0.6) is 0 Å². The molecule has 7 nitrogen and oxygen atoms in total. The van der Waals surface area contributed by atoms with E-state index >= 15 is 0 Å². The zero-order valence-electron chi connectivity index (χ0n) is 16.5. The predicted octanol–water partition coefficient (Wildman–Crippen LogP) is 4.78. The van der Waals surface area contributed by atoms with Crippen molar-refractivity contribution in [1.29, 1.82) is 0 Å². The molecule has 0 saturated carbocycles. The molecule has 4 aromatic carbocycles. The molecule has 0 spiro atoms. The molecule has 1 aliphatic heterocycles. The molecule has 7 heteroatoms. The number of imide groups is 1. The number of nitro groups is 1. The minimum absolute atomic E-state index is 0.152. The van der Waals surface area contributed by atoms with Gasteiger partial charge in [-0.15, -0.1) is 0 Å². The highest BCUT2D eigenvalue weighted by atomic mass is 16.6. The zero-order chi connectivity index (χ0) is 22.4. The van der Waals surface area contributed by atoms with Gasteiger partial charge in [0.05, 0.1) is 10.6 Å². The first kappa shape index (κ1) is 19.3. The first-order valence-corrected chi connectivity index (χ1v) is 9.76. The summed E-state index contributed by atoms with van der Waals surface area (Å²) < 4.78 is 0. The summed E-state index contributed by atoms with van der Waals surface area (Å²) in [5.41, 5.74) is 1.31. The summed E-state index contributed by atoms with van der Waals surface area (Å²) in [6, 6.07) is 22.1. The van der Waals surface area contributed by atoms with Crippen LogP contribution in [0.3, 0.4) is 0 Å². The lowest BCUT2D eigenvalue weighted by Gasteiger charge is -2.27. The number of amides is 2. The highest BCUT2D eigenvalue weighted by Gasteiger charge is 2.34. The van der Waals surface area contributed by atoms with Gasteiger partial charge in [0.15, 0.2) is 5.78 Å². The van der Waals surface area contributed by atoms with E-state index in [1.165, 1.54) is 36.4 Å². The topological polar surface area (TPSA) is 97.6 Å². The molecule has 0 radical (unpaired) electrons. The third-order valence-electron chi connectivity index (χ3n) is 5.49. The summed E-state index contributed by atoms with van der Waals surface area (Å²) >= 11 is 0. The first-order valence-electron chi connectivity index (χ1n) is 9.76. The molecule has 2 amide bonds. The molecule has 5 rings (SSSR count). The summed E-state index contributed by atoms with van der Waals surface area (Å²) in [6.45, 7) is 0. The molecule has 0 unspecified atom stereocenters. The molecule has 154 valence electrons. The summed E-state index contributed by atoms with van der Waals surface area (Å²) in [5.74, 6) is -1.37. The average molecular weight is 422 g/mol. The minimum atomic E-state index is -0.566. The van der Waals surface area contributed by atoms with E-state index in [0.29, 0.717) is 27.6 Å². The van der Waals surface area contributed by atoms with Crippen molar-refractivity contribution in [3.63, 3.8) is 0 Å². The van der Waals surface area contributed by atoms with Crippen molar-refractivity contribution >= 4 is 39.7 Å². The van der Waals surface area contributed by atoms with E-state index < -0.39 is 22.5 Å². The monoisotopic (exact) mass is 422 g/mol. The second kappa shape index (κ2) is 7.24. The maximum absolute atomic E-state index is 13.2. The van der Waals surface area contributed by atoms with Crippen molar-refractivity contribution in [2.45, 2.75) is 0 Å². The number of carbonyl (C=O) groups is 3. The number of non-ortho nitro benzene ring substituents is 1. The summed E-state index contributed by atoms with van der Waals surface area (Å²) in [6.07, 6.45) is 0. The second-order valence-electron chi connectivity index (χ2n) is 7.31. The number of para-hydroxylation sites is 1. The van der Waals surface area contributed by atoms with Gasteiger partial charge < -0.3 is 0 Å². The Morgan fingerprint density at radius 2 is 1.47 bits per heavy atom. The van der Waals surface area contributed by atoms with Crippen molar-refractivity contribution in [3.05, 3.63) is 117 Å². The first-order chi connectivity index (χ1) is 15.5. The van der Waals surface area contributed by atoms with Gasteiger partial charge in [0, 0.05) is 39.8 Å². The number of rotatable bonds is 4. The minimum Gasteiger partial charge on any atom is -0.289 e. The second-order valence-corrected chi connectivity index (χ2v) is 7.31. The van der Waals surface area contributed by atoms with Crippen LogP contribution in [0.15, 0.2) is 84.9 Å². The van der Waals surface area contributed by atoms with Crippen LogP contribution in [-0.2, 0) is 0 Å². The van der Waals surface area contributed by atoms with Gasteiger partial charge in [-0.2, -0.15) is 0 Å². The van der Waals surface area contributed by atoms with Gasteiger partial charge in [0.25, 0.3) is 17.5 Å². The molecule has 4 aromatic rings. The highest BCUT2D eigenvalue weighted by molar-refractivity contribution is 6.37. The van der Waals surface area contributed by atoms with Crippen LogP contribution >= 0.6 is 0 Å². The Labute approximate surface area is 181 Å². The van der Waals surface area contributed by atoms with E-state index in [4.69, 9.17) is 0 Å². The molecule has 0 atom stereocenters. The number of nitro benzene ring substituents is 1. The standard InChI is InChI=1S/C25H14N2O5/c28-23(15-6-4-9-17(14-15)27(31)32)19-12-13-21-22-18(19)10-5-11-20(22)24(29)26(25(21)30)16-7-2-1-3-8-16/h1-14H. The number of carbonyl (C=O) groups excluding carboxylic acids is 3. The van der Waals surface area contributed by atoms with E-state index in [9.17, 15) is 24.5 Å². The highest BCUT2D eigenvalue weighted by Crippen LogP contribution is 2.35. The summed E-state index contributed by atoms with van der Waals surface area (Å²) in [4.78, 5) is 51.3. The maximum atomic E-state index is 13.2. The van der Waals surface area contributed by atoms with Crippen molar-refractivity contribution < 1.29 is 19.3 Å². The van der Waals surface area contributed by atoms with Crippen LogP contribution in [0.1, 0.15) is 36.6 Å². The molecule has 32 heavy (non-hydrogen) atoms. The van der Waals surface area contributed by atoms with Gasteiger partial charge in [-0.3, -0.25) is 24.5 Å². The van der Waals surface area contributed by atoms with Gasteiger partial charge in [-0.1, -0.05) is 42.5 Å². The SMILES string of the molecule is O=C(c1cccc([N+](=O)[O-])c1)c1ccc2c3c(cccc13)C(=O)N(c1ccccc1)C2=O. The zero-order valence-corrected chi connectivity index (χ0v) is 16.5. The Morgan fingerprint density at radius 1 is 0.781 bits per heavy atom. The van der Waals surface area contributed by atoms with E-state index in [1.54, 1.807) is 48.5 Å². The average Bonchev–Trinajstić information content (AvgIpc) is 2.82. The normalized spacial score (nSPS) is 12.8. The predicted molar refractivity (Wildman–Crippen MR) is 118 cm³/mol. The van der Waals surface area contributed by atoms with Crippen LogP contribution in [0, 0.1) is 10.1 Å². The van der Waals surface area contributed by atoms with E-state index in [0.717, 1.165) is 4.90 Å². The smallest absolute Gasteiger partial charge is 0.270 e. The van der Waals surface area contributed by atoms with Crippen LogP contribution in [-0.4, -0.2) is 22.5 Å². The van der Waals surface area contributed by atoms with Gasteiger partial charge in [-0.25, -0.2) is 4.90 Å². The molecule has 1 aliphatic rings. The number of anilines is 1. The van der Waals surface area contributed by atoms with E-state index in [1.807, 2.05) is 0 Å². The number of benzene rings is 4. The lowest BCUT2D eigenvalue weighted by Crippen LogP contribution is -2.40. The molecule has 1 heterocycles. The third kappa shape index (κ3) is 2.87. The molecule has 0 fully saturated rings. The molecule has 0 N–H and O–H groups in total. The van der Waals surface area contributed by atoms with Crippen LogP contribution in [0.2, 0.25) is 0 Å². The number of nitrogens with zero attached hydrogens (tertiary/aromatic N) is 2. The fourth-order valence-corrected chi connectivity index (χ4v) is 4.02. The van der Waals surface area contributed by atoms with Crippen LogP contribution < -0.4 is 4.90 Å². The third-order valence-corrected chi connectivity index (χ3v) is 5.49. The van der Waals surface area contributed by atoms with Gasteiger partial charge in [-0.05, 0) is 35.7 Å². The largest absolute Gasteiger partial charge is 0.289 e. The maximum Gasteiger partial charge on any atom is 0.270 e. The molecule has 0 aliphatic carbocycles. The Bertz CT molecular complexity index is 1440.